The molecule has 2 aliphatic carbocycles. The smallest absolute Gasteiger partial charge is 0.223 e. The van der Waals surface area contributed by atoms with Gasteiger partial charge in [-0.25, -0.2) is 0 Å². The number of fused-ring (bicyclic) bond motifs is 1. The van der Waals surface area contributed by atoms with E-state index in [1.165, 1.54) is 17.7 Å². The molecule has 1 heterocycles. The van der Waals surface area contributed by atoms with Crippen molar-refractivity contribution in [3.05, 3.63) is 47.3 Å². The van der Waals surface area contributed by atoms with Gasteiger partial charge in [0.05, 0.1) is 25.9 Å². The van der Waals surface area contributed by atoms with E-state index in [0.717, 1.165) is 43.4 Å². The molecule has 1 amide bonds. The Hall–Kier alpha value is -2.30. The SMILES string of the molecule is COc1ccccc1Cn1ncc2c1CCC[C@H]2NC(=O)C1CCC1. The molecule has 1 atom stereocenters. The second kappa shape index (κ2) is 6.90. The van der Waals surface area contributed by atoms with E-state index < -0.39 is 0 Å². The Labute approximate surface area is 148 Å². The molecule has 132 valence electrons. The van der Waals surface area contributed by atoms with E-state index in [0.29, 0.717) is 6.54 Å². The number of nitrogens with one attached hydrogen (secondary N) is 1. The molecular weight excluding hydrogens is 314 g/mol. The molecular formula is C20H25N3O2. The van der Waals surface area contributed by atoms with Crippen LogP contribution in [-0.4, -0.2) is 22.8 Å². The third-order valence-corrected chi connectivity index (χ3v) is 5.57. The van der Waals surface area contributed by atoms with Gasteiger partial charge >= 0.3 is 0 Å². The Morgan fingerprint density at radius 2 is 2.12 bits per heavy atom. The zero-order chi connectivity index (χ0) is 17.2. The fourth-order valence-electron chi connectivity index (χ4n) is 3.86. The topological polar surface area (TPSA) is 56.1 Å². The van der Waals surface area contributed by atoms with Crippen LogP contribution in [0.2, 0.25) is 0 Å². The van der Waals surface area contributed by atoms with Gasteiger partial charge in [0.1, 0.15) is 5.75 Å². The Bertz CT molecular complexity index is 764. The maximum Gasteiger partial charge on any atom is 0.223 e. The number of hydrogen-bond acceptors (Lipinski definition) is 3. The lowest BCUT2D eigenvalue weighted by Crippen LogP contribution is -2.38. The zero-order valence-electron chi connectivity index (χ0n) is 14.7. The molecule has 0 saturated heterocycles. The van der Waals surface area contributed by atoms with Crippen LogP contribution in [0.3, 0.4) is 0 Å². The van der Waals surface area contributed by atoms with Crippen molar-refractivity contribution >= 4 is 5.91 Å². The van der Waals surface area contributed by atoms with Gasteiger partial charge in [-0.15, -0.1) is 0 Å². The highest BCUT2D eigenvalue weighted by Crippen LogP contribution is 2.33. The van der Waals surface area contributed by atoms with Crippen molar-refractivity contribution in [2.45, 2.75) is 51.1 Å². The van der Waals surface area contributed by atoms with E-state index in [1.54, 1.807) is 7.11 Å². The van der Waals surface area contributed by atoms with Gasteiger partial charge in [-0.1, -0.05) is 24.6 Å². The number of benzene rings is 1. The highest BCUT2D eigenvalue weighted by molar-refractivity contribution is 5.79. The number of ether oxygens (including phenoxy) is 1. The number of amides is 1. The zero-order valence-corrected chi connectivity index (χ0v) is 14.7. The number of hydrogen-bond donors (Lipinski definition) is 1. The monoisotopic (exact) mass is 339 g/mol. The van der Waals surface area contributed by atoms with E-state index in [4.69, 9.17) is 4.74 Å². The van der Waals surface area contributed by atoms with Crippen molar-refractivity contribution in [1.29, 1.82) is 0 Å². The van der Waals surface area contributed by atoms with Crippen molar-refractivity contribution in [2.75, 3.05) is 7.11 Å². The summed E-state index contributed by atoms with van der Waals surface area (Å²) in [7, 11) is 1.70. The van der Waals surface area contributed by atoms with Crippen LogP contribution in [0.25, 0.3) is 0 Å². The summed E-state index contributed by atoms with van der Waals surface area (Å²) in [4.78, 5) is 12.3. The van der Waals surface area contributed by atoms with Crippen molar-refractivity contribution in [3.63, 3.8) is 0 Å². The molecule has 2 aliphatic rings. The van der Waals surface area contributed by atoms with E-state index >= 15 is 0 Å². The molecule has 1 aromatic carbocycles. The average molecular weight is 339 g/mol. The summed E-state index contributed by atoms with van der Waals surface area (Å²) < 4.78 is 7.52. The summed E-state index contributed by atoms with van der Waals surface area (Å²) in [5, 5.41) is 7.87. The molecule has 1 fully saturated rings. The van der Waals surface area contributed by atoms with Gasteiger partial charge in [0, 0.05) is 22.7 Å². The van der Waals surface area contributed by atoms with E-state index in [1.807, 2.05) is 24.4 Å². The molecule has 0 aliphatic heterocycles. The number of nitrogens with zero attached hydrogens (tertiary/aromatic N) is 2. The minimum atomic E-state index is 0.114. The largest absolute Gasteiger partial charge is 0.496 e. The third kappa shape index (κ3) is 3.15. The number of para-hydroxylation sites is 1. The first kappa shape index (κ1) is 16.2. The molecule has 0 bridgehead atoms. The standard InChI is InChI=1S/C20H25N3O2/c1-25-19-11-3-2-6-15(19)13-23-18-10-5-9-17(16(18)12-21-23)22-20(24)14-7-4-8-14/h2-3,6,11-12,14,17H,4-5,7-10,13H2,1H3,(H,22,24)/t17-/m1/s1. The Morgan fingerprint density at radius 3 is 2.88 bits per heavy atom. The summed E-state index contributed by atoms with van der Waals surface area (Å²) in [6.07, 6.45) is 8.31. The molecule has 1 saturated carbocycles. The molecule has 1 N–H and O–H groups in total. The van der Waals surface area contributed by atoms with Crippen molar-refractivity contribution in [3.8, 4) is 5.75 Å². The van der Waals surface area contributed by atoms with E-state index in [-0.39, 0.29) is 17.9 Å². The molecule has 0 unspecified atom stereocenters. The number of carbonyl (C=O) groups excluding carboxylic acids is 1. The van der Waals surface area contributed by atoms with Gasteiger partial charge < -0.3 is 10.1 Å². The summed E-state index contributed by atoms with van der Waals surface area (Å²) >= 11 is 0. The van der Waals surface area contributed by atoms with Gasteiger partial charge in [-0.05, 0) is 38.2 Å². The van der Waals surface area contributed by atoms with Gasteiger partial charge in [-0.3, -0.25) is 9.48 Å². The first-order chi connectivity index (χ1) is 12.3. The van der Waals surface area contributed by atoms with Crippen LogP contribution in [0.15, 0.2) is 30.5 Å². The average Bonchev–Trinajstić information content (AvgIpc) is 2.98. The predicted octanol–water partition coefficient (Wildman–Crippen LogP) is 3.23. The summed E-state index contributed by atoms with van der Waals surface area (Å²) in [6.45, 7) is 0.697. The van der Waals surface area contributed by atoms with Gasteiger partial charge in [-0.2, -0.15) is 5.10 Å². The summed E-state index contributed by atoms with van der Waals surface area (Å²) in [6, 6.07) is 8.17. The number of carbonyl (C=O) groups is 1. The first-order valence-electron chi connectivity index (χ1n) is 9.23. The third-order valence-electron chi connectivity index (χ3n) is 5.57. The van der Waals surface area contributed by atoms with Crippen LogP contribution in [0.1, 0.15) is 55.0 Å². The normalized spacial score (nSPS) is 19.8. The van der Waals surface area contributed by atoms with Gasteiger partial charge in [0.15, 0.2) is 0 Å². The van der Waals surface area contributed by atoms with Crippen LogP contribution in [-0.2, 0) is 17.8 Å². The second-order valence-electron chi connectivity index (χ2n) is 7.10. The minimum Gasteiger partial charge on any atom is -0.496 e. The first-order valence-corrected chi connectivity index (χ1v) is 9.23. The van der Waals surface area contributed by atoms with Gasteiger partial charge in [0.25, 0.3) is 0 Å². The lowest BCUT2D eigenvalue weighted by atomic mass is 9.84. The van der Waals surface area contributed by atoms with E-state index in [9.17, 15) is 4.79 Å². The maximum atomic E-state index is 12.3. The summed E-state index contributed by atoms with van der Waals surface area (Å²) in [5.41, 5.74) is 3.56. The maximum absolute atomic E-state index is 12.3. The van der Waals surface area contributed by atoms with Gasteiger partial charge in [0.2, 0.25) is 5.91 Å². The number of aromatic nitrogens is 2. The molecule has 25 heavy (non-hydrogen) atoms. The lowest BCUT2D eigenvalue weighted by molar-refractivity contribution is -0.128. The molecule has 1 aromatic heterocycles. The van der Waals surface area contributed by atoms with Crippen LogP contribution >= 0.6 is 0 Å². The van der Waals surface area contributed by atoms with Crippen LogP contribution in [0.5, 0.6) is 5.75 Å². The highest BCUT2D eigenvalue weighted by Gasteiger charge is 2.30. The fraction of sp³-hybridized carbons (Fsp3) is 0.500. The van der Waals surface area contributed by atoms with Crippen molar-refractivity contribution < 1.29 is 9.53 Å². The summed E-state index contributed by atoms with van der Waals surface area (Å²) in [5.74, 6) is 1.34. The Balaban J connectivity index is 1.53. The molecule has 5 nitrogen and oxygen atoms in total. The molecule has 2 aromatic rings. The van der Waals surface area contributed by atoms with Crippen molar-refractivity contribution in [1.82, 2.24) is 15.1 Å². The van der Waals surface area contributed by atoms with Crippen LogP contribution < -0.4 is 10.1 Å². The van der Waals surface area contributed by atoms with Crippen molar-refractivity contribution in [2.24, 2.45) is 5.92 Å². The minimum absolute atomic E-state index is 0.114. The highest BCUT2D eigenvalue weighted by atomic mass is 16.5. The second-order valence-corrected chi connectivity index (χ2v) is 7.10. The quantitative estimate of drug-likeness (QED) is 0.910. The van der Waals surface area contributed by atoms with E-state index in [2.05, 4.69) is 21.2 Å². The number of rotatable bonds is 5. The molecule has 5 heteroatoms. The molecule has 0 radical (unpaired) electrons. The lowest BCUT2D eigenvalue weighted by Gasteiger charge is -2.29. The van der Waals surface area contributed by atoms with Crippen LogP contribution in [0, 0.1) is 5.92 Å². The van der Waals surface area contributed by atoms with Crippen LogP contribution in [0.4, 0.5) is 0 Å². The molecule has 0 spiro atoms. The number of methoxy groups -OCH3 is 1. The Morgan fingerprint density at radius 1 is 1.28 bits per heavy atom. The Kier molecular flexibility index (Phi) is 4.47. The molecule has 4 rings (SSSR count). The fourth-order valence-corrected chi connectivity index (χ4v) is 3.86. The predicted molar refractivity (Wildman–Crippen MR) is 95.5 cm³/mol.